The number of nitrogens with one attached hydrogen (secondary N) is 1. The second-order valence-corrected chi connectivity index (χ2v) is 8.00. The maximum absolute atomic E-state index is 13.1. The second kappa shape index (κ2) is 10.3. The fraction of sp³-hybridized carbons (Fsp3) is 0.545. The number of carbonyl (C=O) groups excluding carboxylic acids is 3. The third kappa shape index (κ3) is 5.53. The number of nitrogens with zero attached hydrogens (tertiary/aromatic N) is 2. The van der Waals surface area contributed by atoms with Crippen molar-refractivity contribution in [2.45, 2.75) is 63.8 Å². The molecule has 0 aromatic heterocycles. The van der Waals surface area contributed by atoms with Crippen LogP contribution in [0.15, 0.2) is 30.3 Å². The maximum Gasteiger partial charge on any atom is 0.407 e. The first-order valence-corrected chi connectivity index (χ1v) is 10.7. The summed E-state index contributed by atoms with van der Waals surface area (Å²) in [5, 5.41) is 12.0. The van der Waals surface area contributed by atoms with Crippen molar-refractivity contribution in [2.24, 2.45) is 0 Å². The Morgan fingerprint density at radius 1 is 1.03 bits per heavy atom. The molecule has 0 spiro atoms. The Hall–Kier alpha value is -3.10. The van der Waals surface area contributed by atoms with Gasteiger partial charge in [0.15, 0.2) is 0 Å². The molecule has 3 amide bonds. The van der Waals surface area contributed by atoms with E-state index in [9.17, 15) is 24.3 Å². The van der Waals surface area contributed by atoms with Crippen LogP contribution in [-0.2, 0) is 25.7 Å². The van der Waals surface area contributed by atoms with E-state index in [2.05, 4.69) is 5.32 Å². The zero-order valence-corrected chi connectivity index (χ0v) is 17.7. The van der Waals surface area contributed by atoms with Gasteiger partial charge in [0.2, 0.25) is 11.8 Å². The van der Waals surface area contributed by atoms with Gasteiger partial charge in [-0.1, -0.05) is 30.3 Å². The molecule has 0 unspecified atom stereocenters. The quantitative estimate of drug-likeness (QED) is 0.663. The van der Waals surface area contributed by atoms with Gasteiger partial charge in [-0.25, -0.2) is 9.59 Å². The molecule has 2 N–H and O–H groups in total. The lowest BCUT2D eigenvalue weighted by Gasteiger charge is -2.37. The third-order valence-electron chi connectivity index (χ3n) is 5.81. The molecule has 1 aromatic carbocycles. The topological polar surface area (TPSA) is 116 Å². The largest absolute Gasteiger partial charge is 0.465 e. The summed E-state index contributed by atoms with van der Waals surface area (Å²) in [6, 6.07) is 6.90. The lowest BCUT2D eigenvalue weighted by Crippen LogP contribution is -2.58. The monoisotopic (exact) mass is 431 g/mol. The first-order valence-electron chi connectivity index (χ1n) is 10.7. The van der Waals surface area contributed by atoms with Crippen LogP contribution in [-0.4, -0.2) is 70.0 Å². The molecule has 2 aliphatic rings. The summed E-state index contributed by atoms with van der Waals surface area (Å²) < 4.78 is 5.27. The van der Waals surface area contributed by atoms with Crippen molar-refractivity contribution in [2.75, 3.05) is 13.1 Å². The molecule has 2 heterocycles. The summed E-state index contributed by atoms with van der Waals surface area (Å²) in [5.74, 6) is -1.31. The molecule has 3 rings (SSSR count). The number of amides is 3. The molecule has 3 atom stereocenters. The van der Waals surface area contributed by atoms with Crippen molar-refractivity contribution < 1.29 is 29.0 Å². The minimum atomic E-state index is -1.12. The van der Waals surface area contributed by atoms with Crippen molar-refractivity contribution >= 4 is 23.9 Å². The number of esters is 1. The minimum Gasteiger partial charge on any atom is -0.465 e. The molecule has 0 radical (unpaired) electrons. The number of rotatable bonds is 6. The molecule has 2 saturated heterocycles. The van der Waals surface area contributed by atoms with Gasteiger partial charge >= 0.3 is 12.1 Å². The van der Waals surface area contributed by atoms with E-state index in [1.54, 1.807) is 6.92 Å². The SMILES string of the molecule is C[C@H](NC(=O)[C@@H]1CCCCN1C(=O)[C@@H]1CCCN1C(=O)O)C(=O)OCc1ccccc1. The highest BCUT2D eigenvalue weighted by atomic mass is 16.5. The first-order chi connectivity index (χ1) is 14.9. The van der Waals surface area contributed by atoms with Gasteiger partial charge in [-0.3, -0.25) is 14.5 Å². The average molecular weight is 431 g/mol. The van der Waals surface area contributed by atoms with Gasteiger partial charge in [-0.05, 0) is 44.6 Å². The molecule has 9 heteroatoms. The molecule has 2 aliphatic heterocycles. The second-order valence-electron chi connectivity index (χ2n) is 8.00. The summed E-state index contributed by atoms with van der Waals surface area (Å²) >= 11 is 0. The molecule has 0 saturated carbocycles. The van der Waals surface area contributed by atoms with Crippen LogP contribution < -0.4 is 5.32 Å². The third-order valence-corrected chi connectivity index (χ3v) is 5.81. The van der Waals surface area contributed by atoms with E-state index in [-0.39, 0.29) is 12.5 Å². The zero-order chi connectivity index (χ0) is 22.4. The highest BCUT2D eigenvalue weighted by Crippen LogP contribution is 2.24. The van der Waals surface area contributed by atoms with Gasteiger partial charge in [0, 0.05) is 13.1 Å². The van der Waals surface area contributed by atoms with Gasteiger partial charge in [-0.2, -0.15) is 0 Å². The van der Waals surface area contributed by atoms with Crippen LogP contribution in [0.4, 0.5) is 4.79 Å². The smallest absolute Gasteiger partial charge is 0.407 e. The van der Waals surface area contributed by atoms with Crippen LogP contribution in [0, 0.1) is 0 Å². The van der Waals surface area contributed by atoms with Crippen LogP contribution in [0.25, 0.3) is 0 Å². The lowest BCUT2D eigenvalue weighted by atomic mass is 9.99. The number of benzene rings is 1. The maximum atomic E-state index is 13.1. The highest BCUT2D eigenvalue weighted by Gasteiger charge is 2.41. The van der Waals surface area contributed by atoms with E-state index in [0.29, 0.717) is 32.4 Å². The number of hydrogen-bond acceptors (Lipinski definition) is 5. The van der Waals surface area contributed by atoms with Crippen LogP contribution in [0.5, 0.6) is 0 Å². The molecule has 9 nitrogen and oxygen atoms in total. The van der Waals surface area contributed by atoms with E-state index in [0.717, 1.165) is 23.3 Å². The Morgan fingerprint density at radius 3 is 2.42 bits per heavy atom. The molecular weight excluding hydrogens is 402 g/mol. The number of carbonyl (C=O) groups is 4. The predicted molar refractivity (Wildman–Crippen MR) is 111 cm³/mol. The number of likely N-dealkylation sites (tertiary alicyclic amines) is 2. The Labute approximate surface area is 181 Å². The Kier molecular flexibility index (Phi) is 7.49. The van der Waals surface area contributed by atoms with Crippen molar-refractivity contribution in [3.63, 3.8) is 0 Å². The Balaban J connectivity index is 1.58. The van der Waals surface area contributed by atoms with Crippen LogP contribution in [0.2, 0.25) is 0 Å². The minimum absolute atomic E-state index is 0.112. The van der Waals surface area contributed by atoms with Gasteiger partial charge in [0.05, 0.1) is 0 Å². The molecule has 31 heavy (non-hydrogen) atoms. The van der Waals surface area contributed by atoms with E-state index >= 15 is 0 Å². The highest BCUT2D eigenvalue weighted by molar-refractivity contribution is 5.93. The summed E-state index contributed by atoms with van der Waals surface area (Å²) in [4.78, 5) is 52.3. The number of ether oxygens (including phenoxy) is 1. The van der Waals surface area contributed by atoms with Crippen LogP contribution >= 0.6 is 0 Å². The van der Waals surface area contributed by atoms with Crippen LogP contribution in [0.3, 0.4) is 0 Å². The van der Waals surface area contributed by atoms with Gasteiger partial charge < -0.3 is 20.1 Å². The molecule has 0 aliphatic carbocycles. The molecule has 0 bridgehead atoms. The molecule has 1 aromatic rings. The fourth-order valence-electron chi connectivity index (χ4n) is 4.13. The first kappa shape index (κ1) is 22.6. The van der Waals surface area contributed by atoms with Gasteiger partial charge in [0.25, 0.3) is 0 Å². The van der Waals surface area contributed by atoms with E-state index < -0.39 is 36.1 Å². The zero-order valence-electron chi connectivity index (χ0n) is 17.7. The fourth-order valence-corrected chi connectivity index (χ4v) is 4.13. The van der Waals surface area contributed by atoms with E-state index in [1.165, 1.54) is 4.90 Å². The van der Waals surface area contributed by atoms with Crippen LogP contribution in [0.1, 0.15) is 44.6 Å². The van der Waals surface area contributed by atoms with Gasteiger partial charge in [0.1, 0.15) is 24.7 Å². The van der Waals surface area contributed by atoms with E-state index in [1.807, 2.05) is 30.3 Å². The van der Waals surface area contributed by atoms with Gasteiger partial charge in [-0.15, -0.1) is 0 Å². The number of hydrogen-bond donors (Lipinski definition) is 2. The summed E-state index contributed by atoms with van der Waals surface area (Å²) in [7, 11) is 0. The summed E-state index contributed by atoms with van der Waals surface area (Å²) in [5.41, 5.74) is 0.845. The van der Waals surface area contributed by atoms with E-state index in [4.69, 9.17) is 4.74 Å². The molecular formula is C22H29N3O6. The lowest BCUT2D eigenvalue weighted by molar-refractivity contribution is -0.150. The van der Waals surface area contributed by atoms with Crippen molar-refractivity contribution in [1.29, 1.82) is 0 Å². The molecule has 168 valence electrons. The number of carboxylic acid groups (broad SMARTS) is 1. The predicted octanol–water partition coefficient (Wildman–Crippen LogP) is 1.76. The Bertz CT molecular complexity index is 815. The Morgan fingerprint density at radius 2 is 1.71 bits per heavy atom. The average Bonchev–Trinajstić information content (AvgIpc) is 3.28. The molecule has 2 fully saturated rings. The van der Waals surface area contributed by atoms with Crippen molar-refractivity contribution in [1.82, 2.24) is 15.1 Å². The standard InChI is InChI=1S/C22H29N3O6/c1-15(21(28)31-14-16-8-3-2-4-9-16)23-19(26)17-10-5-6-12-24(17)20(27)18-11-7-13-25(18)22(29)30/h2-4,8-9,15,17-18H,5-7,10-14H2,1H3,(H,23,26)(H,29,30)/t15-,17-,18-/m0/s1. The summed E-state index contributed by atoms with van der Waals surface area (Å²) in [6.07, 6.45) is 1.97. The number of piperidine rings is 1. The van der Waals surface area contributed by atoms with Crippen molar-refractivity contribution in [3.8, 4) is 0 Å². The van der Waals surface area contributed by atoms with Crippen molar-refractivity contribution in [3.05, 3.63) is 35.9 Å². The summed E-state index contributed by atoms with van der Waals surface area (Å²) in [6.45, 7) is 2.37. The normalized spacial score (nSPS) is 22.0.